The third kappa shape index (κ3) is 5.37. The van der Waals surface area contributed by atoms with E-state index < -0.39 is 10.0 Å². The van der Waals surface area contributed by atoms with Crippen molar-refractivity contribution in [2.75, 3.05) is 13.6 Å². The average molecular weight is 425 g/mol. The topological polar surface area (TPSA) is 79.6 Å². The van der Waals surface area contributed by atoms with E-state index in [1.54, 1.807) is 30.3 Å². The van der Waals surface area contributed by atoms with Crippen molar-refractivity contribution in [1.82, 2.24) is 9.62 Å². The summed E-state index contributed by atoms with van der Waals surface area (Å²) in [6.07, 6.45) is 4.80. The fourth-order valence-electron chi connectivity index (χ4n) is 3.56. The van der Waals surface area contributed by atoms with Gasteiger partial charge in [0, 0.05) is 24.5 Å². The van der Waals surface area contributed by atoms with Crippen molar-refractivity contribution in [2.45, 2.75) is 37.1 Å². The lowest BCUT2D eigenvalue weighted by atomic mass is 9.81. The maximum atomic E-state index is 12.6. The SMILES string of the molecule is CN(Cc1ccco1)C(=O)C1CCC(CNS(=O)(=O)c2ccc(Cl)cc2)CC1. The van der Waals surface area contributed by atoms with Crippen LogP contribution in [0.3, 0.4) is 0 Å². The molecule has 0 aliphatic heterocycles. The Hall–Kier alpha value is -1.83. The standard InChI is InChI=1S/C20H25ClN2O4S/c1-23(14-18-3-2-12-27-18)20(24)16-6-4-15(5-7-16)13-22-28(25,26)19-10-8-17(21)9-11-19/h2-3,8-12,15-16,22H,4-7,13-14H2,1H3. The highest BCUT2D eigenvalue weighted by Crippen LogP contribution is 2.30. The van der Waals surface area contributed by atoms with Crippen molar-refractivity contribution in [2.24, 2.45) is 11.8 Å². The molecule has 152 valence electrons. The lowest BCUT2D eigenvalue weighted by Crippen LogP contribution is -2.36. The fourth-order valence-corrected chi connectivity index (χ4v) is 4.81. The molecule has 1 aromatic heterocycles. The maximum Gasteiger partial charge on any atom is 0.240 e. The molecule has 6 nitrogen and oxygen atoms in total. The Kier molecular flexibility index (Phi) is 6.80. The summed E-state index contributed by atoms with van der Waals surface area (Å²) < 4.78 is 32.7. The van der Waals surface area contributed by atoms with Gasteiger partial charge in [-0.1, -0.05) is 11.6 Å². The summed E-state index contributed by atoms with van der Waals surface area (Å²) in [5.41, 5.74) is 0. The van der Waals surface area contributed by atoms with Crippen LogP contribution < -0.4 is 4.72 Å². The quantitative estimate of drug-likeness (QED) is 0.735. The molecule has 1 amide bonds. The highest BCUT2D eigenvalue weighted by molar-refractivity contribution is 7.89. The van der Waals surface area contributed by atoms with E-state index in [1.807, 2.05) is 12.1 Å². The predicted octanol–water partition coefficient (Wildman–Crippen LogP) is 3.68. The third-order valence-electron chi connectivity index (χ3n) is 5.23. The van der Waals surface area contributed by atoms with Gasteiger partial charge in [-0.05, 0) is 68.0 Å². The van der Waals surface area contributed by atoms with Crippen molar-refractivity contribution in [3.63, 3.8) is 0 Å². The molecule has 8 heteroatoms. The van der Waals surface area contributed by atoms with Crippen LogP contribution in [0.25, 0.3) is 0 Å². The molecule has 1 aliphatic carbocycles. The van der Waals surface area contributed by atoms with Crippen LogP contribution in [0.15, 0.2) is 52.0 Å². The van der Waals surface area contributed by atoms with Gasteiger partial charge in [0.2, 0.25) is 15.9 Å². The van der Waals surface area contributed by atoms with Gasteiger partial charge < -0.3 is 9.32 Å². The van der Waals surface area contributed by atoms with Gasteiger partial charge in [-0.3, -0.25) is 4.79 Å². The first kappa shape index (κ1) is 20.9. The normalized spacial score (nSPS) is 20.1. The lowest BCUT2D eigenvalue weighted by molar-refractivity contribution is -0.136. The summed E-state index contributed by atoms with van der Waals surface area (Å²) in [5.74, 6) is 1.11. The number of sulfonamides is 1. The highest BCUT2D eigenvalue weighted by Gasteiger charge is 2.29. The first-order valence-electron chi connectivity index (χ1n) is 9.38. The van der Waals surface area contributed by atoms with Crippen LogP contribution in [0.4, 0.5) is 0 Å². The van der Waals surface area contributed by atoms with Crippen LogP contribution in [0, 0.1) is 11.8 Å². The first-order chi connectivity index (χ1) is 13.3. The number of furan rings is 1. The van der Waals surface area contributed by atoms with E-state index in [0.29, 0.717) is 18.1 Å². The molecule has 3 rings (SSSR count). The predicted molar refractivity (Wildman–Crippen MR) is 107 cm³/mol. The molecule has 0 radical (unpaired) electrons. The van der Waals surface area contributed by atoms with Crippen LogP contribution in [0.1, 0.15) is 31.4 Å². The van der Waals surface area contributed by atoms with Crippen molar-refractivity contribution in [3.8, 4) is 0 Å². The Labute approximate surface area is 170 Å². The molecule has 0 unspecified atom stereocenters. The zero-order chi connectivity index (χ0) is 20.1. The van der Waals surface area contributed by atoms with E-state index in [1.165, 1.54) is 12.1 Å². The zero-order valence-corrected chi connectivity index (χ0v) is 17.4. The molecule has 0 saturated heterocycles. The van der Waals surface area contributed by atoms with Gasteiger partial charge >= 0.3 is 0 Å². The molecule has 1 heterocycles. The Morgan fingerprint density at radius 1 is 1.18 bits per heavy atom. The summed E-state index contributed by atoms with van der Waals surface area (Å²) in [6, 6.07) is 9.78. The Morgan fingerprint density at radius 3 is 2.46 bits per heavy atom. The number of nitrogens with zero attached hydrogens (tertiary/aromatic N) is 1. The van der Waals surface area contributed by atoms with E-state index in [0.717, 1.165) is 31.4 Å². The fraction of sp³-hybridized carbons (Fsp3) is 0.450. The molecular formula is C20H25ClN2O4S. The van der Waals surface area contributed by atoms with Crippen molar-refractivity contribution >= 4 is 27.5 Å². The monoisotopic (exact) mass is 424 g/mol. The number of carbonyl (C=O) groups excluding carboxylic acids is 1. The van der Waals surface area contributed by atoms with Gasteiger partial charge in [0.05, 0.1) is 17.7 Å². The summed E-state index contributed by atoms with van der Waals surface area (Å²) in [4.78, 5) is 14.5. The summed E-state index contributed by atoms with van der Waals surface area (Å²) >= 11 is 5.81. The minimum Gasteiger partial charge on any atom is -0.467 e. The maximum absolute atomic E-state index is 12.6. The molecule has 2 aromatic rings. The highest BCUT2D eigenvalue weighted by atomic mass is 35.5. The van der Waals surface area contributed by atoms with Crippen molar-refractivity contribution < 1.29 is 17.6 Å². The van der Waals surface area contributed by atoms with E-state index in [2.05, 4.69) is 4.72 Å². The van der Waals surface area contributed by atoms with Gasteiger partial charge in [0.1, 0.15) is 5.76 Å². The van der Waals surface area contributed by atoms with Crippen molar-refractivity contribution in [3.05, 3.63) is 53.4 Å². The second-order valence-electron chi connectivity index (χ2n) is 7.30. The van der Waals surface area contributed by atoms with Crippen LogP contribution in [-0.4, -0.2) is 32.8 Å². The van der Waals surface area contributed by atoms with E-state index in [-0.39, 0.29) is 22.6 Å². The van der Waals surface area contributed by atoms with Crippen LogP contribution in [-0.2, 0) is 21.4 Å². The number of halogens is 1. The number of hydrogen-bond donors (Lipinski definition) is 1. The molecule has 1 aliphatic rings. The number of rotatable bonds is 7. The smallest absolute Gasteiger partial charge is 0.240 e. The van der Waals surface area contributed by atoms with Crippen LogP contribution >= 0.6 is 11.6 Å². The molecule has 28 heavy (non-hydrogen) atoms. The molecule has 1 saturated carbocycles. The van der Waals surface area contributed by atoms with Gasteiger partial charge in [-0.2, -0.15) is 0 Å². The number of hydrogen-bond acceptors (Lipinski definition) is 4. The van der Waals surface area contributed by atoms with Crippen LogP contribution in [0.5, 0.6) is 0 Å². The van der Waals surface area contributed by atoms with E-state index in [9.17, 15) is 13.2 Å². The van der Waals surface area contributed by atoms with Gasteiger partial charge in [0.25, 0.3) is 0 Å². The first-order valence-corrected chi connectivity index (χ1v) is 11.2. The number of benzene rings is 1. The Morgan fingerprint density at radius 2 is 1.86 bits per heavy atom. The Balaban J connectivity index is 1.46. The molecule has 1 aromatic carbocycles. The van der Waals surface area contributed by atoms with E-state index >= 15 is 0 Å². The number of amides is 1. The molecule has 0 atom stereocenters. The van der Waals surface area contributed by atoms with Crippen LogP contribution in [0.2, 0.25) is 5.02 Å². The second-order valence-corrected chi connectivity index (χ2v) is 9.50. The molecule has 0 bridgehead atoms. The van der Waals surface area contributed by atoms with Gasteiger partial charge in [-0.25, -0.2) is 13.1 Å². The summed E-state index contributed by atoms with van der Waals surface area (Å²) in [6.45, 7) is 0.848. The lowest BCUT2D eigenvalue weighted by Gasteiger charge is -2.30. The molecule has 1 fully saturated rings. The summed E-state index contributed by atoms with van der Waals surface area (Å²) in [7, 11) is -1.75. The van der Waals surface area contributed by atoms with Crippen molar-refractivity contribution in [1.29, 1.82) is 0 Å². The average Bonchev–Trinajstić information content (AvgIpc) is 3.19. The molecular weight excluding hydrogens is 400 g/mol. The molecule has 0 spiro atoms. The van der Waals surface area contributed by atoms with Gasteiger partial charge in [-0.15, -0.1) is 0 Å². The Bertz CT molecular complexity index is 873. The second kappa shape index (κ2) is 9.11. The number of nitrogens with one attached hydrogen (secondary N) is 1. The summed E-state index contributed by atoms with van der Waals surface area (Å²) in [5, 5.41) is 0.499. The molecule has 1 N–H and O–H groups in total. The minimum absolute atomic E-state index is 0.0101. The third-order valence-corrected chi connectivity index (χ3v) is 6.92. The number of carbonyl (C=O) groups is 1. The zero-order valence-electron chi connectivity index (χ0n) is 15.8. The van der Waals surface area contributed by atoms with Gasteiger partial charge in [0.15, 0.2) is 0 Å². The largest absolute Gasteiger partial charge is 0.467 e. The minimum atomic E-state index is -3.54. The van der Waals surface area contributed by atoms with E-state index in [4.69, 9.17) is 16.0 Å².